The first-order valence-electron chi connectivity index (χ1n) is 19.4. The van der Waals surface area contributed by atoms with Gasteiger partial charge in [0, 0.05) is 39.1 Å². The van der Waals surface area contributed by atoms with E-state index in [4.69, 9.17) is 57.9 Å². The second-order valence-corrected chi connectivity index (χ2v) is 22.3. The molecule has 2 aromatic carbocycles. The van der Waals surface area contributed by atoms with Crippen LogP contribution in [0.1, 0.15) is 105 Å². The van der Waals surface area contributed by atoms with E-state index in [0.717, 1.165) is 15.9 Å². The van der Waals surface area contributed by atoms with Crippen molar-refractivity contribution in [3.05, 3.63) is 96.2 Å². The standard InChI is InChI=1S/C45H58Cl3NO8Si/c1-10-18-36(56-34(5)50)26-31(2)25-35(43(52)55-30-45(46,47)48)19-17-20-37(28-41(51)40-29-54-42(49-40)27-32(3)33(4)53-9)57-58(44(6,7)8,38-21-13-11-14-22-38)39-23-15-12-16-24-39/h11-16,21-24,27,29,33,35-37,41,51H,2,17,19-20,25-26,28,30H2,1,3-9H3/b32-27-/t33-,35-,36-,37+,41+/m1/s1. The van der Waals surface area contributed by atoms with Gasteiger partial charge in [-0.15, -0.1) is 5.92 Å². The van der Waals surface area contributed by atoms with Crippen LogP contribution in [0.25, 0.3) is 6.08 Å². The Morgan fingerprint density at radius 2 is 1.60 bits per heavy atom. The minimum absolute atomic E-state index is 0.134. The summed E-state index contributed by atoms with van der Waals surface area (Å²) in [7, 11) is -1.46. The van der Waals surface area contributed by atoms with Crippen molar-refractivity contribution in [2.45, 2.75) is 120 Å². The Morgan fingerprint density at radius 1 is 1.00 bits per heavy atom. The molecular weight excluding hydrogens is 817 g/mol. The Morgan fingerprint density at radius 3 is 2.12 bits per heavy atom. The van der Waals surface area contributed by atoms with Gasteiger partial charge in [-0.25, -0.2) is 4.98 Å². The SMILES string of the molecule is C=C(C[C@@H](CCC[C@@H](C[C@H](O)c1coc(/C=C(/C)[C@@H](C)OC)n1)O[Si](c1ccccc1)(c1ccccc1)C(C)(C)C)C(=O)OCC(Cl)(Cl)Cl)C[C@@H](C#CC)OC(C)=O. The Balaban J connectivity index is 2.02. The fourth-order valence-electron chi connectivity index (χ4n) is 6.90. The number of rotatable bonds is 21. The van der Waals surface area contributed by atoms with E-state index in [9.17, 15) is 14.7 Å². The molecule has 0 radical (unpaired) electrons. The Labute approximate surface area is 360 Å². The minimum Gasteiger partial charge on any atom is -0.461 e. The number of esters is 2. The fourth-order valence-corrected chi connectivity index (χ4v) is 11.8. The molecule has 3 rings (SSSR count). The van der Waals surface area contributed by atoms with Crippen LogP contribution in [0, 0.1) is 17.8 Å². The number of aromatic nitrogens is 1. The normalized spacial score (nSPS) is 15.0. The second-order valence-electron chi connectivity index (χ2n) is 15.5. The summed E-state index contributed by atoms with van der Waals surface area (Å²) in [5.41, 5.74) is 1.94. The van der Waals surface area contributed by atoms with Gasteiger partial charge < -0.3 is 28.2 Å². The third-order valence-corrected chi connectivity index (χ3v) is 15.3. The molecule has 1 heterocycles. The van der Waals surface area contributed by atoms with E-state index in [1.807, 2.05) is 50.2 Å². The fraction of sp³-hybridized carbons (Fsp3) is 0.489. The molecule has 5 atom stereocenters. The zero-order chi connectivity index (χ0) is 43.1. The molecule has 0 aliphatic rings. The average molecular weight is 875 g/mol. The van der Waals surface area contributed by atoms with Crippen molar-refractivity contribution in [3.8, 4) is 11.8 Å². The average Bonchev–Trinajstić information content (AvgIpc) is 3.63. The highest BCUT2D eigenvalue weighted by Gasteiger charge is 2.51. The van der Waals surface area contributed by atoms with E-state index in [-0.39, 0.29) is 30.4 Å². The van der Waals surface area contributed by atoms with E-state index >= 15 is 0 Å². The zero-order valence-electron chi connectivity index (χ0n) is 34.9. The maximum Gasteiger partial charge on any atom is 0.309 e. The van der Waals surface area contributed by atoms with Crippen molar-refractivity contribution in [2.75, 3.05) is 13.7 Å². The van der Waals surface area contributed by atoms with Crippen LogP contribution in [0.4, 0.5) is 0 Å². The van der Waals surface area contributed by atoms with Crippen molar-refractivity contribution in [1.29, 1.82) is 0 Å². The predicted molar refractivity (Wildman–Crippen MR) is 235 cm³/mol. The summed E-state index contributed by atoms with van der Waals surface area (Å²) >= 11 is 17.8. The second kappa shape index (κ2) is 22.8. The van der Waals surface area contributed by atoms with Crippen LogP contribution in [0.2, 0.25) is 5.04 Å². The molecule has 9 nitrogen and oxygen atoms in total. The molecule has 0 bridgehead atoms. The highest BCUT2D eigenvalue weighted by Crippen LogP contribution is 2.39. The van der Waals surface area contributed by atoms with Gasteiger partial charge in [-0.05, 0) is 61.0 Å². The number of aliphatic hydroxyl groups is 1. The summed E-state index contributed by atoms with van der Waals surface area (Å²) in [6.45, 7) is 17.2. The van der Waals surface area contributed by atoms with Crippen LogP contribution in [-0.2, 0) is 28.2 Å². The molecule has 0 amide bonds. The molecule has 3 aromatic rings. The van der Waals surface area contributed by atoms with Crippen molar-refractivity contribution < 1.29 is 37.7 Å². The maximum atomic E-state index is 13.6. The number of aliphatic hydroxyl groups excluding tert-OH is 1. The lowest BCUT2D eigenvalue weighted by Gasteiger charge is -2.45. The van der Waals surface area contributed by atoms with Crippen LogP contribution in [0.3, 0.4) is 0 Å². The number of alkyl halides is 3. The van der Waals surface area contributed by atoms with Gasteiger partial charge in [0.1, 0.15) is 24.7 Å². The van der Waals surface area contributed by atoms with Crippen LogP contribution in [-0.4, -0.2) is 66.2 Å². The van der Waals surface area contributed by atoms with Gasteiger partial charge in [-0.1, -0.05) is 141 Å². The molecule has 13 heteroatoms. The quantitative estimate of drug-likeness (QED) is 0.0367. The Hall–Kier alpha value is -3.40. The lowest BCUT2D eigenvalue weighted by atomic mass is 9.91. The highest BCUT2D eigenvalue weighted by atomic mass is 35.6. The number of nitrogens with zero attached hydrogens (tertiary/aromatic N) is 1. The molecule has 58 heavy (non-hydrogen) atoms. The van der Waals surface area contributed by atoms with Crippen molar-refractivity contribution in [3.63, 3.8) is 0 Å². The lowest BCUT2D eigenvalue weighted by molar-refractivity contribution is -0.149. The van der Waals surface area contributed by atoms with Crippen molar-refractivity contribution in [2.24, 2.45) is 5.92 Å². The first kappa shape index (κ1) is 49.0. The van der Waals surface area contributed by atoms with Gasteiger partial charge in [0.25, 0.3) is 8.32 Å². The minimum atomic E-state index is -3.09. The topological polar surface area (TPSA) is 117 Å². The van der Waals surface area contributed by atoms with Crippen LogP contribution >= 0.6 is 34.8 Å². The molecular formula is C45H58Cl3NO8Si. The summed E-state index contributed by atoms with van der Waals surface area (Å²) in [4.78, 5) is 29.9. The molecule has 0 saturated carbocycles. The molecule has 0 aliphatic carbocycles. The molecule has 1 aromatic heterocycles. The number of ether oxygens (including phenoxy) is 3. The number of halogens is 3. The third-order valence-electron chi connectivity index (χ3n) is 9.89. The van der Waals surface area contributed by atoms with Gasteiger partial charge in [0.05, 0.1) is 12.0 Å². The third kappa shape index (κ3) is 15.0. The van der Waals surface area contributed by atoms with Crippen LogP contribution in [0.5, 0.6) is 0 Å². The van der Waals surface area contributed by atoms with Crippen molar-refractivity contribution >= 4 is 71.5 Å². The highest BCUT2D eigenvalue weighted by molar-refractivity contribution is 6.99. The first-order chi connectivity index (χ1) is 27.3. The number of carbonyl (C=O) groups is 2. The molecule has 0 fully saturated rings. The number of hydrogen-bond donors (Lipinski definition) is 1. The van der Waals surface area contributed by atoms with E-state index in [1.165, 1.54) is 13.2 Å². The van der Waals surface area contributed by atoms with Crippen molar-refractivity contribution in [1.82, 2.24) is 4.98 Å². The molecule has 0 aliphatic heterocycles. The number of methoxy groups -OCH3 is 1. The molecule has 1 N–H and O–H groups in total. The van der Waals surface area contributed by atoms with Crippen LogP contribution < -0.4 is 10.4 Å². The summed E-state index contributed by atoms with van der Waals surface area (Å²) in [6.07, 6.45) is 2.87. The predicted octanol–water partition coefficient (Wildman–Crippen LogP) is 9.47. The maximum absolute atomic E-state index is 13.6. The van der Waals surface area contributed by atoms with Crippen LogP contribution in [0.15, 0.2) is 89.1 Å². The van der Waals surface area contributed by atoms with Gasteiger partial charge >= 0.3 is 11.9 Å². The van der Waals surface area contributed by atoms with E-state index in [1.54, 1.807) is 20.1 Å². The largest absolute Gasteiger partial charge is 0.461 e. The number of benzene rings is 2. The zero-order valence-corrected chi connectivity index (χ0v) is 38.1. The molecule has 0 spiro atoms. The monoisotopic (exact) mass is 873 g/mol. The smallest absolute Gasteiger partial charge is 0.309 e. The summed E-state index contributed by atoms with van der Waals surface area (Å²) in [5, 5.41) is 13.6. The molecule has 316 valence electrons. The van der Waals surface area contributed by atoms with Gasteiger partial charge in [0.2, 0.25) is 9.68 Å². The number of hydrogen-bond acceptors (Lipinski definition) is 9. The number of oxazole rings is 1. The van der Waals surface area contributed by atoms with E-state index in [2.05, 4.69) is 68.4 Å². The Bertz CT molecular complexity index is 1820. The van der Waals surface area contributed by atoms with E-state index in [0.29, 0.717) is 36.4 Å². The summed E-state index contributed by atoms with van der Waals surface area (Å²) in [6, 6.07) is 20.5. The van der Waals surface area contributed by atoms with Gasteiger partial charge in [-0.2, -0.15) is 0 Å². The Kier molecular flexibility index (Phi) is 19.3. The summed E-state index contributed by atoms with van der Waals surface area (Å²) in [5.74, 6) is 4.33. The van der Waals surface area contributed by atoms with Gasteiger partial charge in [-0.3, -0.25) is 9.59 Å². The molecule has 0 unspecified atom stereocenters. The number of carbonyl (C=O) groups excluding carboxylic acids is 2. The molecule has 0 saturated heterocycles. The van der Waals surface area contributed by atoms with E-state index < -0.39 is 54.9 Å². The lowest BCUT2D eigenvalue weighted by Crippen LogP contribution is -2.67. The van der Waals surface area contributed by atoms with Gasteiger partial charge in [0.15, 0.2) is 6.10 Å². The first-order valence-corrected chi connectivity index (χ1v) is 22.5. The summed E-state index contributed by atoms with van der Waals surface area (Å²) < 4.78 is 27.8.